The van der Waals surface area contributed by atoms with Crippen molar-refractivity contribution in [2.45, 2.75) is 46.1 Å². The number of hydrogen-bond acceptors (Lipinski definition) is 4. The molecular weight excluding hydrogens is 292 g/mol. The van der Waals surface area contributed by atoms with E-state index in [1.807, 2.05) is 45.9 Å². The summed E-state index contributed by atoms with van der Waals surface area (Å²) >= 11 is 0. The van der Waals surface area contributed by atoms with Crippen LogP contribution in [0.4, 0.5) is 0 Å². The van der Waals surface area contributed by atoms with Crippen LogP contribution in [0.2, 0.25) is 0 Å². The fourth-order valence-electron chi connectivity index (χ4n) is 2.61. The SMILES string of the molecule is C[C@H]1CC(C(=O)Oc2ccccc2)=CC[C@H]1C(=O)OC(C)(C)C. The van der Waals surface area contributed by atoms with Crippen LogP contribution in [0.25, 0.3) is 0 Å². The molecule has 4 heteroatoms. The zero-order chi connectivity index (χ0) is 17.0. The molecule has 0 aliphatic heterocycles. The predicted molar refractivity (Wildman–Crippen MR) is 87.9 cm³/mol. The van der Waals surface area contributed by atoms with Gasteiger partial charge in [-0.05, 0) is 51.7 Å². The lowest BCUT2D eigenvalue weighted by molar-refractivity contribution is -0.162. The van der Waals surface area contributed by atoms with Gasteiger partial charge in [0.05, 0.1) is 5.92 Å². The summed E-state index contributed by atoms with van der Waals surface area (Å²) in [5.41, 5.74) is 0.133. The highest BCUT2D eigenvalue weighted by Crippen LogP contribution is 2.32. The molecule has 1 aromatic carbocycles. The maximum absolute atomic E-state index is 12.2. The molecule has 0 spiro atoms. The van der Waals surface area contributed by atoms with E-state index in [1.54, 1.807) is 18.2 Å². The van der Waals surface area contributed by atoms with Crippen LogP contribution in [0.5, 0.6) is 5.75 Å². The van der Waals surface area contributed by atoms with Crippen molar-refractivity contribution >= 4 is 11.9 Å². The molecule has 0 aromatic heterocycles. The first-order chi connectivity index (χ1) is 10.8. The fourth-order valence-corrected chi connectivity index (χ4v) is 2.61. The monoisotopic (exact) mass is 316 g/mol. The van der Waals surface area contributed by atoms with Crippen LogP contribution in [0, 0.1) is 11.8 Å². The molecule has 0 amide bonds. The number of ether oxygens (including phenoxy) is 2. The average Bonchev–Trinajstić information content (AvgIpc) is 2.46. The average molecular weight is 316 g/mol. The van der Waals surface area contributed by atoms with Crippen molar-refractivity contribution in [1.82, 2.24) is 0 Å². The van der Waals surface area contributed by atoms with Gasteiger partial charge < -0.3 is 9.47 Å². The topological polar surface area (TPSA) is 52.6 Å². The molecule has 124 valence electrons. The second-order valence-electron chi connectivity index (χ2n) is 6.99. The lowest BCUT2D eigenvalue weighted by Gasteiger charge is -2.29. The number of carbonyl (C=O) groups excluding carboxylic acids is 2. The molecule has 0 bridgehead atoms. The lowest BCUT2D eigenvalue weighted by Crippen LogP contribution is -2.33. The Morgan fingerprint density at radius 2 is 1.78 bits per heavy atom. The van der Waals surface area contributed by atoms with Gasteiger partial charge in [0.25, 0.3) is 0 Å². The summed E-state index contributed by atoms with van der Waals surface area (Å²) < 4.78 is 10.8. The van der Waals surface area contributed by atoms with Crippen molar-refractivity contribution < 1.29 is 19.1 Å². The van der Waals surface area contributed by atoms with Crippen LogP contribution in [-0.4, -0.2) is 17.5 Å². The highest BCUT2D eigenvalue weighted by atomic mass is 16.6. The summed E-state index contributed by atoms with van der Waals surface area (Å²) in [4.78, 5) is 24.4. The quantitative estimate of drug-likeness (QED) is 0.627. The summed E-state index contributed by atoms with van der Waals surface area (Å²) in [7, 11) is 0. The van der Waals surface area contributed by atoms with Gasteiger partial charge in [-0.25, -0.2) is 4.79 Å². The molecule has 23 heavy (non-hydrogen) atoms. The third-order valence-corrected chi connectivity index (χ3v) is 3.77. The van der Waals surface area contributed by atoms with E-state index in [-0.39, 0.29) is 23.8 Å². The second-order valence-corrected chi connectivity index (χ2v) is 6.99. The zero-order valence-corrected chi connectivity index (χ0v) is 14.2. The Morgan fingerprint density at radius 3 is 2.35 bits per heavy atom. The van der Waals surface area contributed by atoms with E-state index in [0.29, 0.717) is 24.2 Å². The number of benzene rings is 1. The standard InChI is InChI=1S/C19H24O4/c1-13-12-14(17(20)22-15-8-6-5-7-9-15)10-11-16(13)18(21)23-19(2,3)4/h5-10,13,16H,11-12H2,1-4H3/t13-,16+/m0/s1. The lowest BCUT2D eigenvalue weighted by atomic mass is 9.80. The number of carbonyl (C=O) groups is 2. The van der Waals surface area contributed by atoms with Crippen LogP contribution < -0.4 is 4.74 Å². The van der Waals surface area contributed by atoms with Gasteiger partial charge >= 0.3 is 11.9 Å². The van der Waals surface area contributed by atoms with Crippen molar-refractivity contribution in [3.63, 3.8) is 0 Å². The first-order valence-electron chi connectivity index (χ1n) is 7.95. The van der Waals surface area contributed by atoms with Gasteiger partial charge in [-0.15, -0.1) is 0 Å². The van der Waals surface area contributed by atoms with E-state index < -0.39 is 5.60 Å². The molecular formula is C19H24O4. The molecule has 0 unspecified atom stereocenters. The predicted octanol–water partition coefficient (Wildman–Crippen LogP) is 3.91. The van der Waals surface area contributed by atoms with Crippen molar-refractivity contribution in [2.75, 3.05) is 0 Å². The van der Waals surface area contributed by atoms with Crippen LogP contribution >= 0.6 is 0 Å². The largest absolute Gasteiger partial charge is 0.460 e. The van der Waals surface area contributed by atoms with E-state index >= 15 is 0 Å². The number of para-hydroxylation sites is 1. The molecule has 1 aliphatic rings. The van der Waals surface area contributed by atoms with Gasteiger partial charge in [-0.1, -0.05) is 31.2 Å². The Kier molecular flexibility index (Phi) is 5.24. The Morgan fingerprint density at radius 1 is 1.13 bits per heavy atom. The van der Waals surface area contributed by atoms with E-state index in [9.17, 15) is 9.59 Å². The van der Waals surface area contributed by atoms with E-state index in [2.05, 4.69) is 0 Å². The molecule has 0 fully saturated rings. The van der Waals surface area contributed by atoms with Crippen molar-refractivity contribution in [2.24, 2.45) is 11.8 Å². The van der Waals surface area contributed by atoms with Gasteiger partial charge in [0.15, 0.2) is 0 Å². The summed E-state index contributed by atoms with van der Waals surface area (Å²) in [6, 6.07) is 8.99. The molecule has 2 atom stereocenters. The van der Waals surface area contributed by atoms with Gasteiger partial charge in [0.1, 0.15) is 11.4 Å². The fraction of sp³-hybridized carbons (Fsp3) is 0.474. The first-order valence-corrected chi connectivity index (χ1v) is 7.95. The number of rotatable bonds is 3. The van der Waals surface area contributed by atoms with Gasteiger partial charge in [0.2, 0.25) is 0 Å². The number of esters is 2. The van der Waals surface area contributed by atoms with Gasteiger partial charge in [0, 0.05) is 5.57 Å². The van der Waals surface area contributed by atoms with Crippen LogP contribution in [-0.2, 0) is 14.3 Å². The summed E-state index contributed by atoms with van der Waals surface area (Å²) in [6.45, 7) is 7.54. The second kappa shape index (κ2) is 6.99. The smallest absolute Gasteiger partial charge is 0.339 e. The highest BCUT2D eigenvalue weighted by molar-refractivity contribution is 5.90. The van der Waals surface area contributed by atoms with E-state index in [1.165, 1.54) is 0 Å². The molecule has 2 rings (SSSR count). The molecule has 0 N–H and O–H groups in total. The highest BCUT2D eigenvalue weighted by Gasteiger charge is 2.33. The maximum atomic E-state index is 12.2. The van der Waals surface area contributed by atoms with E-state index in [0.717, 1.165) is 0 Å². The summed E-state index contributed by atoms with van der Waals surface area (Å²) in [5.74, 6) is -0.168. The van der Waals surface area contributed by atoms with Crippen molar-refractivity contribution in [3.8, 4) is 5.75 Å². The van der Waals surface area contributed by atoms with Crippen LogP contribution in [0.15, 0.2) is 42.0 Å². The molecule has 0 saturated carbocycles. The maximum Gasteiger partial charge on any atom is 0.339 e. The minimum atomic E-state index is -0.493. The van der Waals surface area contributed by atoms with Gasteiger partial charge in [-0.3, -0.25) is 4.79 Å². The van der Waals surface area contributed by atoms with Crippen molar-refractivity contribution in [1.29, 1.82) is 0 Å². The van der Waals surface area contributed by atoms with Crippen LogP contribution in [0.3, 0.4) is 0 Å². The Balaban J connectivity index is 1.99. The minimum Gasteiger partial charge on any atom is -0.460 e. The third-order valence-electron chi connectivity index (χ3n) is 3.77. The number of hydrogen-bond donors (Lipinski definition) is 0. The molecule has 0 radical (unpaired) electrons. The van der Waals surface area contributed by atoms with Gasteiger partial charge in [-0.2, -0.15) is 0 Å². The molecule has 0 heterocycles. The molecule has 1 aromatic rings. The Labute approximate surface area is 137 Å². The normalized spacial score (nSPS) is 21.3. The summed E-state index contributed by atoms with van der Waals surface area (Å²) in [5, 5.41) is 0. The first kappa shape index (κ1) is 17.3. The molecule has 0 saturated heterocycles. The van der Waals surface area contributed by atoms with E-state index in [4.69, 9.17) is 9.47 Å². The Hall–Kier alpha value is -2.10. The zero-order valence-electron chi connectivity index (χ0n) is 14.2. The third kappa shape index (κ3) is 4.95. The minimum absolute atomic E-state index is 0.0492. The summed E-state index contributed by atoms with van der Waals surface area (Å²) in [6.07, 6.45) is 2.84. The molecule has 1 aliphatic carbocycles. The van der Waals surface area contributed by atoms with Crippen LogP contribution in [0.1, 0.15) is 40.5 Å². The Bertz CT molecular complexity index is 596. The number of allylic oxidation sites excluding steroid dienone is 1. The molecule has 4 nitrogen and oxygen atoms in total. The van der Waals surface area contributed by atoms with Crippen molar-refractivity contribution in [3.05, 3.63) is 42.0 Å².